The first-order chi connectivity index (χ1) is 9.88. The Kier molecular flexibility index (Phi) is 5.32. The van der Waals surface area contributed by atoms with Crippen LogP contribution in [0.15, 0.2) is 11.1 Å². The molecule has 21 heavy (non-hydrogen) atoms. The highest BCUT2D eigenvalue weighted by Gasteiger charge is 2.25. The van der Waals surface area contributed by atoms with Crippen LogP contribution in [-0.4, -0.2) is 37.7 Å². The van der Waals surface area contributed by atoms with Gasteiger partial charge in [0.1, 0.15) is 10.7 Å². The highest BCUT2D eigenvalue weighted by molar-refractivity contribution is 7.90. The average Bonchev–Trinajstić information content (AvgIpc) is 2.44. The quantitative estimate of drug-likeness (QED) is 0.899. The van der Waals surface area contributed by atoms with E-state index < -0.39 is 9.84 Å². The van der Waals surface area contributed by atoms with Gasteiger partial charge in [-0.05, 0) is 31.7 Å². The van der Waals surface area contributed by atoms with Gasteiger partial charge in [0, 0.05) is 31.3 Å². The third kappa shape index (κ3) is 4.48. The Morgan fingerprint density at radius 2 is 2.19 bits per heavy atom. The zero-order valence-electron chi connectivity index (χ0n) is 13.1. The van der Waals surface area contributed by atoms with Gasteiger partial charge in [0.15, 0.2) is 9.84 Å². The van der Waals surface area contributed by atoms with E-state index in [0.29, 0.717) is 16.5 Å². The van der Waals surface area contributed by atoms with E-state index in [0.717, 1.165) is 44.6 Å². The van der Waals surface area contributed by atoms with Crippen molar-refractivity contribution in [3.8, 4) is 0 Å². The molecule has 0 spiro atoms. The summed E-state index contributed by atoms with van der Waals surface area (Å²) < 4.78 is 23.9. The van der Waals surface area contributed by atoms with Crippen molar-refractivity contribution in [2.24, 2.45) is 5.92 Å². The van der Waals surface area contributed by atoms with Gasteiger partial charge in [0.25, 0.3) is 0 Å². The van der Waals surface area contributed by atoms with Crippen LogP contribution in [0.5, 0.6) is 0 Å². The summed E-state index contributed by atoms with van der Waals surface area (Å²) in [5.74, 6) is 1.52. The summed E-state index contributed by atoms with van der Waals surface area (Å²) in [4.78, 5) is 9.16. The van der Waals surface area contributed by atoms with Crippen molar-refractivity contribution in [2.75, 3.05) is 19.3 Å². The van der Waals surface area contributed by atoms with Gasteiger partial charge in [-0.15, -0.1) is 0 Å². The fraction of sp³-hybridized carbons (Fsp3) is 0.733. The number of aromatic nitrogens is 2. The summed E-state index contributed by atoms with van der Waals surface area (Å²) in [5, 5.41) is 3.33. The van der Waals surface area contributed by atoms with E-state index in [1.54, 1.807) is 0 Å². The molecular weight excluding hydrogens is 286 g/mol. The third-order valence-electron chi connectivity index (χ3n) is 3.86. The second-order valence-electron chi connectivity index (χ2n) is 6.28. The minimum absolute atomic E-state index is 0.171. The van der Waals surface area contributed by atoms with E-state index in [9.17, 15) is 8.42 Å². The first kappa shape index (κ1) is 16.4. The fourth-order valence-corrected chi connectivity index (χ4v) is 3.46. The van der Waals surface area contributed by atoms with Crippen molar-refractivity contribution in [1.29, 1.82) is 0 Å². The van der Waals surface area contributed by atoms with Crippen LogP contribution in [0, 0.1) is 5.92 Å². The number of sulfone groups is 1. The molecule has 1 aliphatic rings. The minimum atomic E-state index is -3.28. The summed E-state index contributed by atoms with van der Waals surface area (Å²) in [6, 6.07) is 0. The smallest absolute Gasteiger partial charge is 0.178 e. The fourth-order valence-electron chi connectivity index (χ4n) is 2.62. The molecule has 0 radical (unpaired) electrons. The summed E-state index contributed by atoms with van der Waals surface area (Å²) >= 11 is 0. The summed E-state index contributed by atoms with van der Waals surface area (Å²) in [5.41, 5.74) is 0.707. The van der Waals surface area contributed by atoms with Gasteiger partial charge in [-0.3, -0.25) is 0 Å². The molecule has 1 N–H and O–H groups in total. The molecule has 1 atom stereocenters. The van der Waals surface area contributed by atoms with Crippen LogP contribution >= 0.6 is 0 Å². The van der Waals surface area contributed by atoms with E-state index in [2.05, 4.69) is 29.1 Å². The Labute approximate surface area is 127 Å². The van der Waals surface area contributed by atoms with Gasteiger partial charge in [0.2, 0.25) is 0 Å². The van der Waals surface area contributed by atoms with Crippen LogP contribution in [0.25, 0.3) is 0 Å². The Bertz CT molecular complexity index is 579. The van der Waals surface area contributed by atoms with Gasteiger partial charge in [-0.2, -0.15) is 0 Å². The van der Waals surface area contributed by atoms with E-state index in [1.165, 1.54) is 12.5 Å². The lowest BCUT2D eigenvalue weighted by atomic mass is 9.96. The van der Waals surface area contributed by atoms with Crippen molar-refractivity contribution in [3.05, 3.63) is 17.7 Å². The molecule has 0 aromatic carbocycles. The third-order valence-corrected chi connectivity index (χ3v) is 4.97. The van der Waals surface area contributed by atoms with Crippen molar-refractivity contribution >= 4 is 9.84 Å². The number of piperidine rings is 1. The Morgan fingerprint density at radius 1 is 1.43 bits per heavy atom. The van der Waals surface area contributed by atoms with Crippen molar-refractivity contribution < 1.29 is 8.42 Å². The van der Waals surface area contributed by atoms with Gasteiger partial charge >= 0.3 is 0 Å². The molecule has 2 rings (SSSR count). The van der Waals surface area contributed by atoms with Crippen molar-refractivity contribution in [2.45, 2.75) is 50.3 Å². The second-order valence-corrected chi connectivity index (χ2v) is 8.27. The average molecular weight is 311 g/mol. The molecule has 0 aliphatic carbocycles. The van der Waals surface area contributed by atoms with E-state index in [1.807, 2.05) is 0 Å². The molecular formula is C15H25N3O2S. The monoisotopic (exact) mass is 311 g/mol. The lowest BCUT2D eigenvalue weighted by Crippen LogP contribution is -2.30. The molecule has 118 valence electrons. The zero-order valence-corrected chi connectivity index (χ0v) is 13.9. The van der Waals surface area contributed by atoms with Gasteiger partial charge < -0.3 is 5.32 Å². The molecule has 1 aromatic heterocycles. The van der Waals surface area contributed by atoms with Gasteiger partial charge in [-0.25, -0.2) is 18.4 Å². The van der Waals surface area contributed by atoms with Crippen LogP contribution in [0.1, 0.15) is 50.5 Å². The predicted octanol–water partition coefficient (Wildman–Crippen LogP) is 1.94. The maximum Gasteiger partial charge on any atom is 0.178 e. The minimum Gasteiger partial charge on any atom is -0.316 e. The largest absolute Gasteiger partial charge is 0.316 e. The maximum atomic E-state index is 12.0. The standard InChI is InChI=1S/C15H25N3O2S/c1-11(2)6-7-14-17-10-13(21(3,19)20)15(18-14)12-5-4-8-16-9-12/h10-12,16H,4-9H2,1-3H3/t12-/m0/s1. The maximum absolute atomic E-state index is 12.0. The van der Waals surface area contributed by atoms with Crippen LogP contribution in [0.2, 0.25) is 0 Å². The number of aryl methyl sites for hydroxylation is 1. The predicted molar refractivity (Wildman–Crippen MR) is 83.1 cm³/mol. The van der Waals surface area contributed by atoms with Crippen LogP contribution < -0.4 is 5.32 Å². The van der Waals surface area contributed by atoms with Crippen LogP contribution in [-0.2, 0) is 16.3 Å². The van der Waals surface area contributed by atoms with Crippen LogP contribution in [0.4, 0.5) is 0 Å². The molecule has 0 amide bonds. The molecule has 6 heteroatoms. The molecule has 1 fully saturated rings. The Balaban J connectivity index is 2.33. The molecule has 0 saturated carbocycles. The first-order valence-corrected chi connectivity index (χ1v) is 9.53. The summed E-state index contributed by atoms with van der Waals surface area (Å²) in [7, 11) is -3.28. The van der Waals surface area contributed by atoms with Crippen LogP contribution in [0.3, 0.4) is 0 Å². The molecule has 5 nitrogen and oxygen atoms in total. The molecule has 2 heterocycles. The topological polar surface area (TPSA) is 72.0 Å². The number of rotatable bonds is 5. The molecule has 1 aliphatic heterocycles. The Hall–Kier alpha value is -1.01. The number of nitrogens with one attached hydrogen (secondary N) is 1. The first-order valence-electron chi connectivity index (χ1n) is 7.64. The number of hydrogen-bond acceptors (Lipinski definition) is 5. The SMILES string of the molecule is CC(C)CCc1ncc(S(C)(=O)=O)c([C@H]2CCCNC2)n1. The van der Waals surface area contributed by atoms with Gasteiger partial charge in [-0.1, -0.05) is 13.8 Å². The summed E-state index contributed by atoms with van der Waals surface area (Å²) in [6.07, 6.45) is 6.59. The summed E-state index contributed by atoms with van der Waals surface area (Å²) in [6.45, 7) is 6.12. The molecule has 0 unspecified atom stereocenters. The number of hydrogen-bond donors (Lipinski definition) is 1. The highest BCUT2D eigenvalue weighted by atomic mass is 32.2. The Morgan fingerprint density at radius 3 is 2.76 bits per heavy atom. The van der Waals surface area contributed by atoms with E-state index in [-0.39, 0.29) is 5.92 Å². The lowest BCUT2D eigenvalue weighted by Gasteiger charge is -2.24. The van der Waals surface area contributed by atoms with E-state index in [4.69, 9.17) is 0 Å². The highest BCUT2D eigenvalue weighted by Crippen LogP contribution is 2.27. The molecule has 0 bridgehead atoms. The molecule has 1 aromatic rings. The van der Waals surface area contributed by atoms with Crippen molar-refractivity contribution in [3.63, 3.8) is 0 Å². The molecule has 1 saturated heterocycles. The van der Waals surface area contributed by atoms with Crippen molar-refractivity contribution in [1.82, 2.24) is 15.3 Å². The van der Waals surface area contributed by atoms with E-state index >= 15 is 0 Å². The number of nitrogens with zero attached hydrogens (tertiary/aromatic N) is 2. The van der Waals surface area contributed by atoms with Gasteiger partial charge in [0.05, 0.1) is 5.69 Å². The lowest BCUT2D eigenvalue weighted by molar-refractivity contribution is 0.445. The second kappa shape index (κ2) is 6.83. The zero-order chi connectivity index (χ0) is 15.5. The normalized spacial score (nSPS) is 19.9.